The van der Waals surface area contributed by atoms with Crippen molar-refractivity contribution in [2.24, 2.45) is 11.8 Å². The van der Waals surface area contributed by atoms with E-state index < -0.39 is 53.4 Å². The van der Waals surface area contributed by atoms with Crippen molar-refractivity contribution in [1.82, 2.24) is 0 Å². The molecule has 0 saturated carbocycles. The van der Waals surface area contributed by atoms with Crippen LogP contribution in [0.15, 0.2) is 30.4 Å². The number of benzene rings is 1. The molecule has 0 radical (unpaired) electrons. The second kappa shape index (κ2) is 4.41. The summed E-state index contributed by atoms with van der Waals surface area (Å²) in [5.41, 5.74) is -1.78. The maximum Gasteiger partial charge on any atom is 0.419 e. The normalized spacial score (nSPS) is 32.1. The minimum atomic E-state index is -4.91. The number of halogens is 4. The molecule has 0 aliphatic carbocycles. The average molecular weight is 327 g/mol. The molecule has 2 bridgehead atoms. The monoisotopic (exact) mass is 327 g/mol. The summed E-state index contributed by atoms with van der Waals surface area (Å²) in [5, 5.41) is 0. The first-order valence-corrected chi connectivity index (χ1v) is 6.87. The van der Waals surface area contributed by atoms with Gasteiger partial charge < -0.3 is 4.74 Å². The zero-order valence-electron chi connectivity index (χ0n) is 11.4. The van der Waals surface area contributed by atoms with Crippen molar-refractivity contribution in [3.05, 3.63) is 41.7 Å². The van der Waals surface area contributed by atoms with Gasteiger partial charge in [0.05, 0.1) is 35.3 Å². The third kappa shape index (κ3) is 1.87. The number of carbonyl (C=O) groups is 2. The summed E-state index contributed by atoms with van der Waals surface area (Å²) in [5.74, 6) is -4.13. The van der Waals surface area contributed by atoms with Crippen molar-refractivity contribution in [2.45, 2.75) is 18.4 Å². The molecule has 0 aromatic heterocycles. The van der Waals surface area contributed by atoms with Crippen LogP contribution in [0.25, 0.3) is 0 Å². The minimum Gasteiger partial charge on any atom is -0.365 e. The van der Waals surface area contributed by atoms with Crippen molar-refractivity contribution in [2.75, 3.05) is 4.90 Å². The molecule has 120 valence electrons. The standard InChI is InChI=1S/C15H9F4NO3/c16-8-2-1-6(5-7(8)15(17,18)19)20-13(21)11-9-3-4-10(23-9)12(11)14(20)22/h1-5,9-12H. The summed E-state index contributed by atoms with van der Waals surface area (Å²) in [4.78, 5) is 25.6. The van der Waals surface area contributed by atoms with Crippen LogP contribution in [-0.4, -0.2) is 24.0 Å². The van der Waals surface area contributed by atoms with Crippen LogP contribution in [0.2, 0.25) is 0 Å². The molecule has 8 heteroatoms. The molecule has 4 nitrogen and oxygen atoms in total. The molecule has 0 spiro atoms. The molecule has 2 saturated heterocycles. The highest BCUT2D eigenvalue weighted by Gasteiger charge is 2.61. The Morgan fingerprint density at radius 2 is 1.57 bits per heavy atom. The highest BCUT2D eigenvalue weighted by Crippen LogP contribution is 2.46. The van der Waals surface area contributed by atoms with Crippen molar-refractivity contribution in [1.29, 1.82) is 0 Å². The van der Waals surface area contributed by atoms with E-state index in [0.717, 1.165) is 6.07 Å². The maximum absolute atomic E-state index is 13.4. The number of hydrogen-bond acceptors (Lipinski definition) is 3. The number of rotatable bonds is 1. The molecule has 1 aromatic carbocycles. The van der Waals surface area contributed by atoms with E-state index in [2.05, 4.69) is 0 Å². The molecule has 1 aromatic rings. The van der Waals surface area contributed by atoms with Crippen LogP contribution in [-0.2, 0) is 20.5 Å². The lowest BCUT2D eigenvalue weighted by molar-refractivity contribution is -0.140. The molecule has 3 aliphatic heterocycles. The van der Waals surface area contributed by atoms with Crippen molar-refractivity contribution >= 4 is 17.5 Å². The zero-order valence-corrected chi connectivity index (χ0v) is 11.4. The molecular weight excluding hydrogens is 318 g/mol. The van der Waals surface area contributed by atoms with Gasteiger partial charge in [-0.15, -0.1) is 0 Å². The van der Waals surface area contributed by atoms with Gasteiger partial charge in [-0.3, -0.25) is 9.59 Å². The van der Waals surface area contributed by atoms with E-state index in [1.165, 1.54) is 0 Å². The first kappa shape index (κ1) is 14.4. The summed E-state index contributed by atoms with van der Waals surface area (Å²) < 4.78 is 57.3. The summed E-state index contributed by atoms with van der Waals surface area (Å²) in [7, 11) is 0. The topological polar surface area (TPSA) is 46.6 Å². The quantitative estimate of drug-likeness (QED) is 0.452. The van der Waals surface area contributed by atoms with E-state index in [1.54, 1.807) is 12.2 Å². The Morgan fingerprint density at radius 1 is 1.00 bits per heavy atom. The van der Waals surface area contributed by atoms with Gasteiger partial charge in [-0.25, -0.2) is 9.29 Å². The van der Waals surface area contributed by atoms with Crippen LogP contribution in [0.4, 0.5) is 23.2 Å². The highest BCUT2D eigenvalue weighted by atomic mass is 19.4. The van der Waals surface area contributed by atoms with E-state index in [-0.39, 0.29) is 5.69 Å². The number of fused-ring (bicyclic) bond motifs is 5. The lowest BCUT2D eigenvalue weighted by Gasteiger charge is -2.19. The molecule has 3 heterocycles. The van der Waals surface area contributed by atoms with Crippen LogP contribution in [0.5, 0.6) is 0 Å². The number of ether oxygens (including phenoxy) is 1. The Hall–Kier alpha value is -2.22. The molecule has 4 atom stereocenters. The summed E-state index contributed by atoms with van der Waals surface area (Å²) in [6.45, 7) is 0. The van der Waals surface area contributed by atoms with Gasteiger partial charge in [0.15, 0.2) is 0 Å². The van der Waals surface area contributed by atoms with Crippen LogP contribution in [0.3, 0.4) is 0 Å². The highest BCUT2D eigenvalue weighted by molar-refractivity contribution is 6.23. The summed E-state index contributed by atoms with van der Waals surface area (Å²) >= 11 is 0. The Morgan fingerprint density at radius 3 is 2.09 bits per heavy atom. The predicted octanol–water partition coefficient (Wildman–Crippen LogP) is 2.29. The van der Waals surface area contributed by atoms with E-state index in [0.29, 0.717) is 17.0 Å². The van der Waals surface area contributed by atoms with Crippen molar-refractivity contribution in [3.8, 4) is 0 Å². The third-order valence-electron chi connectivity index (χ3n) is 4.42. The number of anilines is 1. The number of amides is 2. The van der Waals surface area contributed by atoms with Gasteiger partial charge in [0, 0.05) is 0 Å². The summed E-state index contributed by atoms with van der Waals surface area (Å²) in [6, 6.07) is 2.09. The van der Waals surface area contributed by atoms with E-state index in [1.807, 2.05) is 0 Å². The van der Waals surface area contributed by atoms with E-state index in [4.69, 9.17) is 4.74 Å². The number of hydrogen-bond donors (Lipinski definition) is 0. The molecule has 2 amide bonds. The van der Waals surface area contributed by atoms with Crippen molar-refractivity contribution < 1.29 is 31.9 Å². The van der Waals surface area contributed by atoms with Gasteiger partial charge in [0.2, 0.25) is 11.8 Å². The van der Waals surface area contributed by atoms with Gasteiger partial charge in [0.1, 0.15) is 5.82 Å². The number of carbonyl (C=O) groups excluding carboxylic acids is 2. The fourth-order valence-corrected chi connectivity index (χ4v) is 3.43. The fourth-order valence-electron chi connectivity index (χ4n) is 3.43. The molecular formula is C15H9F4NO3. The molecule has 0 N–H and O–H groups in total. The molecule has 3 aliphatic rings. The molecule has 2 fully saturated rings. The number of alkyl halides is 3. The van der Waals surface area contributed by atoms with E-state index in [9.17, 15) is 27.2 Å². The number of imide groups is 1. The summed E-state index contributed by atoms with van der Waals surface area (Å²) in [6.07, 6.45) is -2.63. The van der Waals surface area contributed by atoms with Gasteiger partial charge in [-0.2, -0.15) is 13.2 Å². The minimum absolute atomic E-state index is 0.275. The van der Waals surface area contributed by atoms with Crippen LogP contribution in [0, 0.1) is 17.7 Å². The zero-order chi connectivity index (χ0) is 16.5. The van der Waals surface area contributed by atoms with E-state index >= 15 is 0 Å². The molecule has 23 heavy (non-hydrogen) atoms. The van der Waals surface area contributed by atoms with Gasteiger partial charge >= 0.3 is 6.18 Å². The van der Waals surface area contributed by atoms with Crippen LogP contribution < -0.4 is 4.90 Å². The average Bonchev–Trinajstić information content (AvgIpc) is 3.13. The Kier molecular flexibility index (Phi) is 2.76. The lowest BCUT2D eigenvalue weighted by atomic mass is 9.85. The third-order valence-corrected chi connectivity index (χ3v) is 4.42. The first-order chi connectivity index (χ1) is 10.8. The Balaban J connectivity index is 1.75. The second-order valence-electron chi connectivity index (χ2n) is 5.68. The van der Waals surface area contributed by atoms with Crippen LogP contribution >= 0.6 is 0 Å². The first-order valence-electron chi connectivity index (χ1n) is 6.87. The Bertz CT molecular complexity index is 728. The largest absolute Gasteiger partial charge is 0.419 e. The number of nitrogens with zero attached hydrogens (tertiary/aromatic N) is 1. The molecule has 4 unspecified atom stereocenters. The predicted molar refractivity (Wildman–Crippen MR) is 68.7 cm³/mol. The molecule has 4 rings (SSSR count). The smallest absolute Gasteiger partial charge is 0.365 e. The second-order valence-corrected chi connectivity index (χ2v) is 5.68. The van der Waals surface area contributed by atoms with Gasteiger partial charge in [-0.05, 0) is 18.2 Å². The van der Waals surface area contributed by atoms with Gasteiger partial charge in [-0.1, -0.05) is 12.2 Å². The van der Waals surface area contributed by atoms with Gasteiger partial charge in [0.25, 0.3) is 0 Å². The van der Waals surface area contributed by atoms with Crippen LogP contribution in [0.1, 0.15) is 5.56 Å². The van der Waals surface area contributed by atoms with Crippen molar-refractivity contribution in [3.63, 3.8) is 0 Å². The Labute approximate surface area is 127 Å². The fraction of sp³-hybridized carbons (Fsp3) is 0.333. The SMILES string of the molecule is O=C1C2C3C=CC(O3)C2C(=O)N1c1ccc(F)c(C(F)(F)F)c1. The lowest BCUT2D eigenvalue weighted by Crippen LogP contribution is -2.34. The maximum atomic E-state index is 13.4.